The summed E-state index contributed by atoms with van der Waals surface area (Å²) in [6.45, 7) is 14.8. The second-order valence-corrected chi connectivity index (χ2v) is 10.7. The number of hydrogen-bond acceptors (Lipinski definition) is 4. The van der Waals surface area contributed by atoms with Gasteiger partial charge in [0.15, 0.2) is 6.73 Å². The van der Waals surface area contributed by atoms with E-state index in [1.54, 1.807) is 4.90 Å². The van der Waals surface area contributed by atoms with Crippen LogP contribution in [0.3, 0.4) is 0 Å². The van der Waals surface area contributed by atoms with E-state index in [1.807, 2.05) is 36.4 Å². The van der Waals surface area contributed by atoms with Gasteiger partial charge >= 0.3 is 5.97 Å². The number of amides is 1. The highest BCUT2D eigenvalue weighted by atomic mass is 16.5. The zero-order chi connectivity index (χ0) is 23.7. The van der Waals surface area contributed by atoms with E-state index in [2.05, 4.69) is 58.7 Å². The highest BCUT2D eigenvalue weighted by Crippen LogP contribution is 2.44. The number of carbonyl (C=O) groups excluding carboxylic acids is 2. The summed E-state index contributed by atoms with van der Waals surface area (Å²) in [6, 6.07) is 15.9. The van der Waals surface area contributed by atoms with Crippen molar-refractivity contribution in [2.24, 2.45) is 15.8 Å². The minimum absolute atomic E-state index is 0.126. The van der Waals surface area contributed by atoms with Gasteiger partial charge < -0.3 is 4.74 Å². The minimum atomic E-state index is -0.427. The summed E-state index contributed by atoms with van der Waals surface area (Å²) in [4.78, 5) is 30.3. The molecule has 3 rings (SSSR count). The van der Waals surface area contributed by atoms with Gasteiger partial charge in [-0.3, -0.25) is 14.5 Å². The number of ether oxygens (including phenoxy) is 1. The van der Waals surface area contributed by atoms with Crippen LogP contribution in [0.4, 0.5) is 11.4 Å². The molecule has 0 saturated carbocycles. The number of carbonyl (C=O) groups is 2. The van der Waals surface area contributed by atoms with E-state index in [1.165, 1.54) is 12.5 Å². The molecule has 0 spiro atoms. The molecular weight excluding hydrogens is 400 g/mol. The highest BCUT2D eigenvalue weighted by Gasteiger charge is 2.35. The Morgan fingerprint density at radius 2 is 1.62 bits per heavy atom. The van der Waals surface area contributed by atoms with Crippen molar-refractivity contribution in [2.75, 3.05) is 11.6 Å². The average molecular weight is 435 g/mol. The lowest BCUT2D eigenvalue weighted by atomic mass is 9.69. The van der Waals surface area contributed by atoms with Gasteiger partial charge in [-0.1, -0.05) is 71.9 Å². The van der Waals surface area contributed by atoms with Crippen LogP contribution in [-0.2, 0) is 14.3 Å². The van der Waals surface area contributed by atoms with Gasteiger partial charge in [0.05, 0.1) is 5.69 Å². The second-order valence-electron chi connectivity index (χ2n) is 10.7. The van der Waals surface area contributed by atoms with Gasteiger partial charge in [-0.25, -0.2) is 4.99 Å². The zero-order valence-electron chi connectivity index (χ0n) is 20.2. The quantitative estimate of drug-likeness (QED) is 0.523. The largest absolute Gasteiger partial charge is 0.443 e. The Bertz CT molecular complexity index is 1020. The fourth-order valence-electron chi connectivity index (χ4n) is 4.19. The molecular formula is C27H34N2O3. The van der Waals surface area contributed by atoms with E-state index in [0.29, 0.717) is 11.6 Å². The third kappa shape index (κ3) is 5.26. The number of benzene rings is 2. The summed E-state index contributed by atoms with van der Waals surface area (Å²) in [5, 5.41) is 0. The van der Waals surface area contributed by atoms with E-state index >= 15 is 0 Å². The number of nitrogens with zero attached hydrogens (tertiary/aromatic N) is 2. The molecule has 5 heteroatoms. The topological polar surface area (TPSA) is 59.0 Å². The van der Waals surface area contributed by atoms with E-state index in [4.69, 9.17) is 4.74 Å². The van der Waals surface area contributed by atoms with E-state index in [0.717, 1.165) is 23.4 Å². The smallest absolute Gasteiger partial charge is 0.304 e. The van der Waals surface area contributed by atoms with Crippen molar-refractivity contribution in [3.05, 3.63) is 59.7 Å². The van der Waals surface area contributed by atoms with Crippen LogP contribution in [0.2, 0.25) is 0 Å². The van der Waals surface area contributed by atoms with Crippen molar-refractivity contribution in [1.29, 1.82) is 0 Å². The van der Waals surface area contributed by atoms with Crippen LogP contribution in [-0.4, -0.2) is 24.3 Å². The lowest BCUT2D eigenvalue weighted by Gasteiger charge is -2.36. The molecule has 1 amide bonds. The molecule has 32 heavy (non-hydrogen) atoms. The third-order valence-corrected chi connectivity index (χ3v) is 5.71. The molecule has 1 aliphatic rings. The summed E-state index contributed by atoms with van der Waals surface area (Å²) in [5.41, 5.74) is 4.26. The predicted molar refractivity (Wildman–Crippen MR) is 129 cm³/mol. The molecule has 2 aromatic carbocycles. The SMILES string of the molecule is CC(=O)OCN=C1C(=O)N(c2ccc(C(CC(C)(C)C)C(C)(C)C)cc2)c2ccccc21. The summed E-state index contributed by atoms with van der Waals surface area (Å²) < 4.78 is 4.92. The minimum Gasteiger partial charge on any atom is -0.443 e. The maximum absolute atomic E-state index is 13.3. The van der Waals surface area contributed by atoms with Crippen molar-refractivity contribution in [1.82, 2.24) is 0 Å². The lowest BCUT2D eigenvalue weighted by Crippen LogP contribution is -2.26. The van der Waals surface area contributed by atoms with Gasteiger partial charge in [0, 0.05) is 18.2 Å². The number of rotatable bonds is 5. The van der Waals surface area contributed by atoms with Crippen LogP contribution in [0.25, 0.3) is 0 Å². The molecule has 1 atom stereocenters. The van der Waals surface area contributed by atoms with Crippen LogP contribution in [0.15, 0.2) is 53.5 Å². The van der Waals surface area contributed by atoms with Gasteiger partial charge in [-0.05, 0) is 46.9 Å². The Kier molecular flexibility index (Phi) is 6.59. The first-order chi connectivity index (χ1) is 14.9. The van der Waals surface area contributed by atoms with Crippen molar-refractivity contribution in [2.45, 2.75) is 60.8 Å². The number of para-hydroxylation sites is 1. The van der Waals surface area contributed by atoms with Crippen molar-refractivity contribution in [3.8, 4) is 0 Å². The molecule has 0 saturated heterocycles. The molecule has 0 fully saturated rings. The molecule has 5 nitrogen and oxygen atoms in total. The first-order valence-corrected chi connectivity index (χ1v) is 11.1. The predicted octanol–water partition coefficient (Wildman–Crippen LogP) is 6.24. The van der Waals surface area contributed by atoms with Crippen LogP contribution in [0.1, 0.15) is 71.9 Å². The van der Waals surface area contributed by atoms with Gasteiger partial charge in [0.1, 0.15) is 5.71 Å². The standard InChI is InChI=1S/C27H34N2O3/c1-18(30)32-17-28-24-21-10-8-9-11-23(21)29(25(24)31)20-14-12-19(13-15-20)22(27(5,6)7)16-26(2,3)4/h8-15,22H,16-17H2,1-7H3. The zero-order valence-corrected chi connectivity index (χ0v) is 20.2. The Balaban J connectivity index is 1.94. The molecule has 1 aliphatic heterocycles. The summed E-state index contributed by atoms with van der Waals surface area (Å²) in [6.07, 6.45) is 1.08. The third-order valence-electron chi connectivity index (χ3n) is 5.71. The fraction of sp³-hybridized carbons (Fsp3) is 0.444. The monoisotopic (exact) mass is 434 g/mol. The Morgan fingerprint density at radius 3 is 2.19 bits per heavy atom. The van der Waals surface area contributed by atoms with Crippen LogP contribution < -0.4 is 4.90 Å². The maximum atomic E-state index is 13.3. The Hall–Kier alpha value is -2.95. The molecule has 170 valence electrons. The molecule has 0 N–H and O–H groups in total. The first-order valence-electron chi connectivity index (χ1n) is 11.1. The van der Waals surface area contributed by atoms with Gasteiger partial charge in [0.25, 0.3) is 5.91 Å². The molecule has 2 aromatic rings. The number of aliphatic imine (C=N–C) groups is 1. The fourth-order valence-corrected chi connectivity index (χ4v) is 4.19. The number of esters is 1. The number of hydrogen-bond donors (Lipinski definition) is 0. The van der Waals surface area contributed by atoms with Crippen LogP contribution in [0, 0.1) is 10.8 Å². The van der Waals surface area contributed by atoms with Crippen molar-refractivity contribution >= 4 is 29.0 Å². The molecule has 0 radical (unpaired) electrons. The number of anilines is 2. The lowest BCUT2D eigenvalue weighted by molar-refractivity contribution is -0.140. The van der Waals surface area contributed by atoms with Crippen molar-refractivity contribution < 1.29 is 14.3 Å². The molecule has 0 aromatic heterocycles. The van der Waals surface area contributed by atoms with E-state index in [-0.39, 0.29) is 23.5 Å². The van der Waals surface area contributed by atoms with Crippen molar-refractivity contribution in [3.63, 3.8) is 0 Å². The highest BCUT2D eigenvalue weighted by molar-refractivity contribution is 6.55. The summed E-state index contributed by atoms with van der Waals surface area (Å²) in [5.74, 6) is -0.240. The average Bonchev–Trinajstić information content (AvgIpc) is 2.96. The summed E-state index contributed by atoms with van der Waals surface area (Å²) >= 11 is 0. The van der Waals surface area contributed by atoms with Crippen LogP contribution in [0.5, 0.6) is 0 Å². The molecule has 1 unspecified atom stereocenters. The van der Waals surface area contributed by atoms with Gasteiger partial charge in [-0.2, -0.15) is 0 Å². The number of fused-ring (bicyclic) bond motifs is 1. The maximum Gasteiger partial charge on any atom is 0.304 e. The first kappa shape index (κ1) is 23.7. The Labute approximate surface area is 191 Å². The molecule has 1 heterocycles. The normalized spacial score (nSPS) is 16.3. The van der Waals surface area contributed by atoms with E-state index in [9.17, 15) is 9.59 Å². The van der Waals surface area contributed by atoms with E-state index < -0.39 is 5.97 Å². The van der Waals surface area contributed by atoms with Gasteiger partial charge in [0.2, 0.25) is 0 Å². The molecule has 0 bridgehead atoms. The van der Waals surface area contributed by atoms with Gasteiger partial charge in [-0.15, -0.1) is 0 Å². The summed E-state index contributed by atoms with van der Waals surface area (Å²) in [7, 11) is 0. The van der Waals surface area contributed by atoms with Crippen LogP contribution >= 0.6 is 0 Å². The Morgan fingerprint density at radius 1 is 1.00 bits per heavy atom. The molecule has 0 aliphatic carbocycles. The second kappa shape index (κ2) is 8.89.